The molecule has 3 rings (SSSR count). The van der Waals surface area contributed by atoms with Gasteiger partial charge in [-0.15, -0.1) is 0 Å². The fourth-order valence-electron chi connectivity index (χ4n) is 4.05. The number of hydrogen-bond donors (Lipinski definition) is 1. The van der Waals surface area contributed by atoms with E-state index in [-0.39, 0.29) is 42.2 Å². The molecule has 28 heavy (non-hydrogen) atoms. The van der Waals surface area contributed by atoms with E-state index in [4.69, 9.17) is 0 Å². The molecule has 5 nitrogen and oxygen atoms in total. The van der Waals surface area contributed by atoms with Crippen LogP contribution in [0.2, 0.25) is 0 Å². The van der Waals surface area contributed by atoms with E-state index in [1.54, 1.807) is 35.0 Å². The number of carbonyl (C=O) groups excluding carboxylic acids is 2. The lowest BCUT2D eigenvalue weighted by atomic mass is 9.74. The van der Waals surface area contributed by atoms with Crippen LogP contribution in [0.4, 0.5) is 4.39 Å². The molecule has 6 heteroatoms. The molecule has 0 radical (unpaired) electrons. The number of rotatable bonds is 5. The Hall–Kier alpha value is -2.73. The summed E-state index contributed by atoms with van der Waals surface area (Å²) < 4.78 is 14.0. The lowest BCUT2D eigenvalue weighted by molar-refractivity contribution is -0.151. The van der Waals surface area contributed by atoms with Gasteiger partial charge >= 0.3 is 0 Å². The minimum atomic E-state index is -0.331. The van der Waals surface area contributed by atoms with Crippen molar-refractivity contribution in [1.29, 1.82) is 0 Å². The molecule has 0 aliphatic carbocycles. The molecule has 0 saturated carbocycles. The van der Waals surface area contributed by atoms with Crippen LogP contribution in [0.3, 0.4) is 0 Å². The zero-order valence-corrected chi connectivity index (χ0v) is 16.3. The topological polar surface area (TPSA) is 60.9 Å². The highest BCUT2D eigenvalue weighted by molar-refractivity contribution is 5.77. The molecule has 1 heterocycles. The van der Waals surface area contributed by atoms with Gasteiger partial charge in [0, 0.05) is 38.9 Å². The number of amides is 2. The van der Waals surface area contributed by atoms with Gasteiger partial charge in [-0.3, -0.25) is 9.59 Å². The first-order valence-electron chi connectivity index (χ1n) is 9.31. The number of aliphatic hydroxyl groups excluding tert-OH is 1. The van der Waals surface area contributed by atoms with E-state index < -0.39 is 0 Å². The summed E-state index contributed by atoms with van der Waals surface area (Å²) in [5.74, 6) is -0.578. The number of benzene rings is 2. The third-order valence-electron chi connectivity index (χ3n) is 5.57. The first-order valence-corrected chi connectivity index (χ1v) is 9.31. The second-order valence-electron chi connectivity index (χ2n) is 7.27. The molecule has 1 fully saturated rings. The summed E-state index contributed by atoms with van der Waals surface area (Å²) in [6.45, 7) is 3.20. The molecule has 2 aromatic rings. The highest BCUT2D eigenvalue weighted by Gasteiger charge is 2.50. The van der Waals surface area contributed by atoms with Crippen molar-refractivity contribution in [3.05, 3.63) is 59.9 Å². The SMILES string of the molecule is CC(=O)N(C)C[C@@H]1[C@@H](c2ccc(-c3ccccc3F)cc2)[C@H](CO)N1C(C)=O. The fourth-order valence-corrected chi connectivity index (χ4v) is 4.05. The Balaban J connectivity index is 1.89. The number of likely N-dealkylation sites (tertiary alicyclic amines) is 1. The van der Waals surface area contributed by atoms with E-state index in [1.807, 2.05) is 24.3 Å². The molecule has 0 spiro atoms. The summed E-state index contributed by atoms with van der Waals surface area (Å²) in [6.07, 6.45) is 0. The van der Waals surface area contributed by atoms with E-state index in [2.05, 4.69) is 0 Å². The average molecular weight is 384 g/mol. The molecule has 1 N–H and O–H groups in total. The summed E-state index contributed by atoms with van der Waals surface area (Å²) in [5, 5.41) is 9.84. The maximum absolute atomic E-state index is 14.0. The van der Waals surface area contributed by atoms with E-state index in [0.29, 0.717) is 12.1 Å². The van der Waals surface area contributed by atoms with Crippen LogP contribution in [0.25, 0.3) is 11.1 Å². The number of carbonyl (C=O) groups is 2. The van der Waals surface area contributed by atoms with Gasteiger partial charge in [0.1, 0.15) is 5.82 Å². The third kappa shape index (κ3) is 3.64. The summed E-state index contributed by atoms with van der Waals surface area (Å²) in [6, 6.07) is 13.6. The van der Waals surface area contributed by atoms with Crippen LogP contribution in [0.15, 0.2) is 48.5 Å². The van der Waals surface area contributed by atoms with Crippen molar-refractivity contribution in [3.63, 3.8) is 0 Å². The molecule has 1 aliphatic heterocycles. The molecule has 1 aliphatic rings. The fraction of sp³-hybridized carbons (Fsp3) is 0.364. The van der Waals surface area contributed by atoms with Crippen molar-refractivity contribution >= 4 is 11.8 Å². The monoisotopic (exact) mass is 384 g/mol. The molecule has 2 aromatic carbocycles. The minimum Gasteiger partial charge on any atom is -0.394 e. The van der Waals surface area contributed by atoms with Gasteiger partial charge < -0.3 is 14.9 Å². The number of likely N-dealkylation sites (N-methyl/N-ethyl adjacent to an activating group) is 1. The second-order valence-corrected chi connectivity index (χ2v) is 7.27. The Morgan fingerprint density at radius 3 is 2.25 bits per heavy atom. The van der Waals surface area contributed by atoms with Crippen LogP contribution in [-0.2, 0) is 9.59 Å². The quantitative estimate of drug-likeness (QED) is 0.862. The average Bonchev–Trinajstić information content (AvgIpc) is 2.65. The van der Waals surface area contributed by atoms with Crippen LogP contribution in [0.5, 0.6) is 0 Å². The molecule has 0 bridgehead atoms. The largest absolute Gasteiger partial charge is 0.394 e. The van der Waals surface area contributed by atoms with Gasteiger partial charge in [-0.1, -0.05) is 42.5 Å². The summed E-state index contributed by atoms with van der Waals surface area (Å²) in [7, 11) is 1.70. The predicted octanol–water partition coefficient (Wildman–Crippen LogP) is 2.65. The normalized spacial score (nSPS) is 21.2. The van der Waals surface area contributed by atoms with Crippen LogP contribution in [0, 0.1) is 5.82 Å². The Morgan fingerprint density at radius 2 is 1.71 bits per heavy atom. The van der Waals surface area contributed by atoms with Crippen LogP contribution < -0.4 is 0 Å². The van der Waals surface area contributed by atoms with E-state index in [9.17, 15) is 19.1 Å². The smallest absolute Gasteiger partial charge is 0.220 e. The maximum Gasteiger partial charge on any atom is 0.220 e. The first-order chi connectivity index (χ1) is 13.3. The van der Waals surface area contributed by atoms with Gasteiger partial charge in [0.2, 0.25) is 11.8 Å². The van der Waals surface area contributed by atoms with Gasteiger partial charge in [0.25, 0.3) is 0 Å². The Kier molecular flexibility index (Phi) is 5.79. The van der Waals surface area contributed by atoms with E-state index >= 15 is 0 Å². The molecule has 3 atom stereocenters. The summed E-state index contributed by atoms with van der Waals surface area (Å²) in [4.78, 5) is 27.0. The number of halogens is 1. The van der Waals surface area contributed by atoms with Crippen LogP contribution in [-0.4, -0.2) is 59.0 Å². The van der Waals surface area contributed by atoms with Gasteiger partial charge in [-0.05, 0) is 17.2 Å². The number of nitrogens with zero attached hydrogens (tertiary/aromatic N) is 2. The number of aliphatic hydroxyl groups is 1. The molecular formula is C22H25FN2O3. The van der Waals surface area contributed by atoms with Crippen molar-refractivity contribution in [2.24, 2.45) is 0 Å². The highest BCUT2D eigenvalue weighted by atomic mass is 19.1. The van der Waals surface area contributed by atoms with Gasteiger partial charge in [0.05, 0.1) is 18.7 Å². The first kappa shape index (κ1) is 20.0. The summed E-state index contributed by atoms with van der Waals surface area (Å²) in [5.41, 5.74) is 2.25. The second kappa shape index (κ2) is 8.10. The molecular weight excluding hydrogens is 359 g/mol. The van der Waals surface area contributed by atoms with Gasteiger partial charge in [0.15, 0.2) is 0 Å². The molecule has 0 unspecified atom stereocenters. The zero-order chi connectivity index (χ0) is 20.4. The Labute approximate surface area is 164 Å². The highest BCUT2D eigenvalue weighted by Crippen LogP contribution is 2.41. The number of hydrogen-bond acceptors (Lipinski definition) is 3. The van der Waals surface area contributed by atoms with Crippen LogP contribution in [0.1, 0.15) is 25.3 Å². The zero-order valence-electron chi connectivity index (χ0n) is 16.3. The van der Waals surface area contributed by atoms with E-state index in [1.165, 1.54) is 19.9 Å². The van der Waals surface area contributed by atoms with Crippen molar-refractivity contribution < 1.29 is 19.1 Å². The molecule has 0 aromatic heterocycles. The third-order valence-corrected chi connectivity index (χ3v) is 5.57. The molecule has 148 valence electrons. The van der Waals surface area contributed by atoms with Crippen molar-refractivity contribution in [1.82, 2.24) is 9.80 Å². The van der Waals surface area contributed by atoms with Crippen LogP contribution >= 0.6 is 0 Å². The van der Waals surface area contributed by atoms with Crippen molar-refractivity contribution in [3.8, 4) is 11.1 Å². The molecule has 1 saturated heterocycles. The van der Waals surface area contributed by atoms with E-state index in [0.717, 1.165) is 11.1 Å². The molecule has 2 amide bonds. The predicted molar refractivity (Wildman–Crippen MR) is 105 cm³/mol. The Morgan fingerprint density at radius 1 is 1.07 bits per heavy atom. The van der Waals surface area contributed by atoms with Crippen molar-refractivity contribution in [2.75, 3.05) is 20.2 Å². The Bertz CT molecular complexity index is 868. The maximum atomic E-state index is 14.0. The van der Waals surface area contributed by atoms with Crippen molar-refractivity contribution in [2.45, 2.75) is 31.8 Å². The van der Waals surface area contributed by atoms with Gasteiger partial charge in [-0.2, -0.15) is 0 Å². The lowest BCUT2D eigenvalue weighted by Gasteiger charge is -2.55. The standard InChI is InChI=1S/C22H25FN2O3/c1-14(27)24(3)12-20-22(21(13-26)25(20)15(2)28)17-10-8-16(9-11-17)18-6-4-5-7-19(18)23/h4-11,20-22,26H,12-13H2,1-3H3/t20-,21+,22-/m1/s1. The van der Waals surface area contributed by atoms with Gasteiger partial charge in [-0.25, -0.2) is 4.39 Å². The minimum absolute atomic E-state index is 0.0791. The lowest BCUT2D eigenvalue weighted by Crippen LogP contribution is -2.68. The summed E-state index contributed by atoms with van der Waals surface area (Å²) >= 11 is 0.